The summed E-state index contributed by atoms with van der Waals surface area (Å²) in [6, 6.07) is -0.280. The molecular weight excluding hydrogens is 224 g/mol. The second-order valence-corrected chi connectivity index (χ2v) is 5.07. The Morgan fingerprint density at radius 3 is 2.88 bits per heavy atom. The number of nitrogens with two attached hydrogens (primary N) is 1. The molecule has 0 aliphatic rings. The molecule has 2 N–H and O–H groups in total. The normalized spacial score (nSPS) is 13.5. The predicted octanol–water partition coefficient (Wildman–Crippen LogP) is 1.70. The third-order valence-corrected chi connectivity index (χ3v) is 3.71. The van der Waals surface area contributed by atoms with E-state index in [2.05, 4.69) is 4.98 Å². The Bertz CT molecular complexity index is 336. The smallest absolute Gasteiger partial charge is 0.307 e. The van der Waals surface area contributed by atoms with Gasteiger partial charge in [0.15, 0.2) is 0 Å². The van der Waals surface area contributed by atoms with E-state index < -0.39 is 0 Å². The number of esters is 1. The highest BCUT2D eigenvalue weighted by Crippen LogP contribution is 2.29. The van der Waals surface area contributed by atoms with Crippen LogP contribution in [0.5, 0.6) is 0 Å². The molecule has 0 radical (unpaired) electrons. The zero-order chi connectivity index (χ0) is 12.2. The maximum Gasteiger partial charge on any atom is 0.307 e. The van der Waals surface area contributed by atoms with Gasteiger partial charge in [0.1, 0.15) is 0 Å². The van der Waals surface area contributed by atoms with Gasteiger partial charge < -0.3 is 10.5 Å². The van der Waals surface area contributed by atoms with Crippen molar-refractivity contribution < 1.29 is 9.53 Å². The van der Waals surface area contributed by atoms with E-state index in [4.69, 9.17) is 10.5 Å². The summed E-state index contributed by atoms with van der Waals surface area (Å²) in [4.78, 5) is 15.6. The Balaban J connectivity index is 2.65. The van der Waals surface area contributed by atoms with Crippen molar-refractivity contribution in [2.75, 3.05) is 6.61 Å². The average Bonchev–Trinajstić information content (AvgIpc) is 2.70. The van der Waals surface area contributed by atoms with E-state index in [1.54, 1.807) is 24.5 Å². The van der Waals surface area contributed by atoms with Crippen LogP contribution in [0.25, 0.3) is 0 Å². The number of carbonyl (C=O) groups excluding carboxylic acids is 1. The highest BCUT2D eigenvalue weighted by atomic mass is 32.1. The lowest BCUT2D eigenvalue weighted by Gasteiger charge is -2.28. The van der Waals surface area contributed by atoms with Crippen molar-refractivity contribution in [2.24, 2.45) is 5.73 Å². The Kier molecular flexibility index (Phi) is 4.44. The fourth-order valence-corrected chi connectivity index (χ4v) is 2.18. The van der Waals surface area contributed by atoms with Crippen LogP contribution in [0.3, 0.4) is 0 Å². The lowest BCUT2D eigenvalue weighted by molar-refractivity contribution is -0.143. The maximum absolute atomic E-state index is 11.4. The minimum Gasteiger partial charge on any atom is -0.466 e. The van der Waals surface area contributed by atoms with Crippen LogP contribution in [0.15, 0.2) is 11.6 Å². The molecule has 4 nitrogen and oxygen atoms in total. The SMILES string of the molecule is CCOC(=O)CC(N)C(C)(C)c1nccs1. The maximum atomic E-state index is 11.4. The van der Waals surface area contributed by atoms with Gasteiger partial charge in [-0.3, -0.25) is 4.79 Å². The van der Waals surface area contributed by atoms with Gasteiger partial charge in [-0.1, -0.05) is 13.8 Å². The lowest BCUT2D eigenvalue weighted by Crippen LogP contribution is -2.42. The summed E-state index contributed by atoms with van der Waals surface area (Å²) >= 11 is 1.56. The number of hydrogen-bond acceptors (Lipinski definition) is 5. The van der Waals surface area contributed by atoms with Crippen LogP contribution in [-0.2, 0) is 14.9 Å². The molecule has 1 rings (SSSR count). The average molecular weight is 242 g/mol. The molecule has 0 bridgehead atoms. The molecule has 0 saturated heterocycles. The molecule has 0 aromatic carbocycles. The van der Waals surface area contributed by atoms with Gasteiger partial charge in [0.2, 0.25) is 0 Å². The van der Waals surface area contributed by atoms with E-state index in [0.717, 1.165) is 5.01 Å². The first-order valence-electron chi connectivity index (χ1n) is 5.29. The third kappa shape index (κ3) is 3.02. The standard InChI is InChI=1S/C11H18N2O2S/c1-4-15-9(14)7-8(12)11(2,3)10-13-5-6-16-10/h5-6,8H,4,7,12H2,1-3H3. The second kappa shape index (κ2) is 5.41. The monoisotopic (exact) mass is 242 g/mol. The molecule has 0 aliphatic carbocycles. The van der Waals surface area contributed by atoms with Crippen molar-refractivity contribution in [3.05, 3.63) is 16.6 Å². The van der Waals surface area contributed by atoms with Crippen molar-refractivity contribution in [2.45, 2.75) is 38.6 Å². The van der Waals surface area contributed by atoms with Crippen LogP contribution in [0.1, 0.15) is 32.2 Å². The van der Waals surface area contributed by atoms with Gasteiger partial charge in [0.05, 0.1) is 18.0 Å². The molecule has 5 heteroatoms. The molecule has 0 fully saturated rings. The zero-order valence-electron chi connectivity index (χ0n) is 9.90. The van der Waals surface area contributed by atoms with Crippen LogP contribution in [-0.4, -0.2) is 23.6 Å². The first-order valence-corrected chi connectivity index (χ1v) is 6.17. The van der Waals surface area contributed by atoms with Crippen LogP contribution < -0.4 is 5.73 Å². The minimum absolute atomic E-state index is 0.223. The predicted molar refractivity (Wildman–Crippen MR) is 64.4 cm³/mol. The van der Waals surface area contributed by atoms with Gasteiger partial charge in [-0.25, -0.2) is 4.98 Å². The highest BCUT2D eigenvalue weighted by Gasteiger charge is 2.32. The highest BCUT2D eigenvalue weighted by molar-refractivity contribution is 7.09. The molecule has 1 atom stereocenters. The minimum atomic E-state index is -0.305. The molecule has 1 unspecified atom stereocenters. The summed E-state index contributed by atoms with van der Waals surface area (Å²) in [6.45, 7) is 6.17. The van der Waals surface area contributed by atoms with E-state index in [0.29, 0.717) is 6.61 Å². The Labute approximate surface area is 99.8 Å². The Hall–Kier alpha value is -0.940. The molecule has 0 aliphatic heterocycles. The molecule has 1 aromatic rings. The summed E-state index contributed by atoms with van der Waals surface area (Å²) in [5.74, 6) is -0.250. The van der Waals surface area contributed by atoms with E-state index in [1.807, 2.05) is 19.2 Å². The molecule has 0 spiro atoms. The van der Waals surface area contributed by atoms with Gasteiger partial charge in [-0.05, 0) is 6.92 Å². The molecule has 1 heterocycles. The van der Waals surface area contributed by atoms with Crippen LogP contribution in [0.4, 0.5) is 0 Å². The van der Waals surface area contributed by atoms with E-state index in [-0.39, 0.29) is 23.8 Å². The van der Waals surface area contributed by atoms with Crippen molar-refractivity contribution in [3.63, 3.8) is 0 Å². The van der Waals surface area contributed by atoms with Crippen molar-refractivity contribution in [1.82, 2.24) is 4.98 Å². The third-order valence-electron chi connectivity index (χ3n) is 2.60. The number of carbonyl (C=O) groups is 1. The molecule has 16 heavy (non-hydrogen) atoms. The zero-order valence-corrected chi connectivity index (χ0v) is 10.7. The largest absolute Gasteiger partial charge is 0.466 e. The van der Waals surface area contributed by atoms with Crippen molar-refractivity contribution in [3.8, 4) is 0 Å². The number of nitrogens with zero attached hydrogens (tertiary/aromatic N) is 1. The number of thiazole rings is 1. The van der Waals surface area contributed by atoms with E-state index in [1.165, 1.54) is 0 Å². The van der Waals surface area contributed by atoms with Crippen LogP contribution in [0.2, 0.25) is 0 Å². The second-order valence-electron chi connectivity index (χ2n) is 4.17. The number of rotatable bonds is 5. The van der Waals surface area contributed by atoms with Gasteiger partial charge in [0.25, 0.3) is 0 Å². The van der Waals surface area contributed by atoms with Crippen molar-refractivity contribution in [1.29, 1.82) is 0 Å². The number of ether oxygens (including phenoxy) is 1. The first kappa shape index (κ1) is 13.1. The summed E-state index contributed by atoms with van der Waals surface area (Å²) < 4.78 is 4.89. The van der Waals surface area contributed by atoms with Gasteiger partial charge in [0, 0.05) is 23.0 Å². The summed E-state index contributed by atoms with van der Waals surface area (Å²) in [5.41, 5.74) is 5.74. The lowest BCUT2D eigenvalue weighted by atomic mass is 9.84. The van der Waals surface area contributed by atoms with Gasteiger partial charge in [-0.15, -0.1) is 11.3 Å². The molecule has 90 valence electrons. The Morgan fingerprint density at radius 1 is 1.69 bits per heavy atom. The Morgan fingerprint density at radius 2 is 2.38 bits per heavy atom. The molecular formula is C11H18N2O2S. The summed E-state index contributed by atoms with van der Waals surface area (Å²) in [5, 5.41) is 2.86. The van der Waals surface area contributed by atoms with Crippen molar-refractivity contribution >= 4 is 17.3 Å². The number of aromatic nitrogens is 1. The summed E-state index contributed by atoms with van der Waals surface area (Å²) in [6.07, 6.45) is 1.97. The first-order chi connectivity index (χ1) is 7.48. The van der Waals surface area contributed by atoms with Crippen LogP contribution >= 0.6 is 11.3 Å². The van der Waals surface area contributed by atoms with Crippen LogP contribution in [0, 0.1) is 0 Å². The van der Waals surface area contributed by atoms with Gasteiger partial charge in [-0.2, -0.15) is 0 Å². The van der Waals surface area contributed by atoms with Gasteiger partial charge >= 0.3 is 5.97 Å². The molecule has 0 amide bonds. The quantitative estimate of drug-likeness (QED) is 0.798. The van der Waals surface area contributed by atoms with E-state index in [9.17, 15) is 4.79 Å². The fourth-order valence-electron chi connectivity index (χ4n) is 1.35. The van der Waals surface area contributed by atoms with E-state index >= 15 is 0 Å². The molecule has 0 saturated carbocycles. The number of hydrogen-bond donors (Lipinski definition) is 1. The fraction of sp³-hybridized carbons (Fsp3) is 0.636. The topological polar surface area (TPSA) is 65.2 Å². The molecule has 1 aromatic heterocycles. The summed E-state index contributed by atoms with van der Waals surface area (Å²) in [7, 11) is 0.